The number of carbonyl (C=O) groups is 1. The monoisotopic (exact) mass is 380 g/mol. The van der Waals surface area contributed by atoms with E-state index >= 15 is 0 Å². The molecule has 0 saturated carbocycles. The minimum atomic E-state index is -1.62. The lowest BCUT2D eigenvalue weighted by atomic mass is 10.1. The third-order valence-electron chi connectivity index (χ3n) is 3.50. The van der Waals surface area contributed by atoms with Crippen molar-refractivity contribution in [1.29, 1.82) is 0 Å². The maximum absolute atomic E-state index is 14.2. The Hall–Kier alpha value is -2.45. The Labute approximate surface area is 154 Å². The molecule has 0 fully saturated rings. The minimum absolute atomic E-state index is 0.0731. The van der Waals surface area contributed by atoms with Crippen molar-refractivity contribution in [3.63, 3.8) is 0 Å². The number of hydrogen-bond donors (Lipinski definition) is 3. The van der Waals surface area contributed by atoms with E-state index in [4.69, 9.17) is 4.74 Å². The standard InChI is InChI=1S/C18H21FN2O4S/c1-3-13-4-6-18(16(23)10-13)25-17-7-5-14(11-15(17)19)26(24)21-9-8-20-12(2)22/h4-7,10-11,21,23H,3,8-9H2,1-2H3,(H,20,22). The van der Waals surface area contributed by atoms with Crippen LogP contribution in [0.15, 0.2) is 41.3 Å². The Balaban J connectivity index is 2.02. The van der Waals surface area contributed by atoms with E-state index in [2.05, 4.69) is 10.0 Å². The number of benzene rings is 2. The number of ether oxygens (including phenoxy) is 1. The smallest absolute Gasteiger partial charge is 0.216 e. The molecule has 0 radical (unpaired) electrons. The predicted molar refractivity (Wildman–Crippen MR) is 97.1 cm³/mol. The van der Waals surface area contributed by atoms with Gasteiger partial charge in [0.15, 0.2) is 23.1 Å². The van der Waals surface area contributed by atoms with E-state index < -0.39 is 16.8 Å². The van der Waals surface area contributed by atoms with E-state index in [-0.39, 0.29) is 34.6 Å². The third kappa shape index (κ3) is 5.53. The molecule has 0 bridgehead atoms. The zero-order valence-electron chi connectivity index (χ0n) is 14.5. The van der Waals surface area contributed by atoms with Gasteiger partial charge in [-0.3, -0.25) is 4.79 Å². The van der Waals surface area contributed by atoms with Crippen molar-refractivity contribution < 1.29 is 23.2 Å². The summed E-state index contributed by atoms with van der Waals surface area (Å²) in [5, 5.41) is 12.5. The number of nitrogens with one attached hydrogen (secondary N) is 2. The van der Waals surface area contributed by atoms with Crippen LogP contribution in [0.5, 0.6) is 17.2 Å². The van der Waals surface area contributed by atoms with E-state index in [1.165, 1.54) is 19.1 Å². The molecule has 1 amide bonds. The number of phenolic OH excluding ortho intramolecular Hbond substituents is 1. The van der Waals surface area contributed by atoms with Crippen LogP contribution < -0.4 is 14.8 Å². The summed E-state index contributed by atoms with van der Waals surface area (Å²) < 4.78 is 34.4. The van der Waals surface area contributed by atoms with Gasteiger partial charge in [-0.05, 0) is 42.3 Å². The van der Waals surface area contributed by atoms with Gasteiger partial charge in [0.2, 0.25) is 5.91 Å². The molecule has 2 rings (SSSR count). The molecule has 3 N–H and O–H groups in total. The fourth-order valence-corrected chi connectivity index (χ4v) is 2.99. The first-order valence-electron chi connectivity index (χ1n) is 8.09. The minimum Gasteiger partial charge on any atom is -0.504 e. The summed E-state index contributed by atoms with van der Waals surface area (Å²) in [6, 6.07) is 8.85. The maximum atomic E-state index is 14.2. The first-order valence-corrected chi connectivity index (χ1v) is 9.24. The zero-order valence-corrected chi connectivity index (χ0v) is 15.4. The van der Waals surface area contributed by atoms with Crippen LogP contribution in [0.1, 0.15) is 19.4 Å². The van der Waals surface area contributed by atoms with Crippen LogP contribution in [0.3, 0.4) is 0 Å². The number of phenols is 1. The largest absolute Gasteiger partial charge is 0.504 e. The highest BCUT2D eigenvalue weighted by Crippen LogP contribution is 2.33. The van der Waals surface area contributed by atoms with E-state index in [1.807, 2.05) is 6.92 Å². The van der Waals surface area contributed by atoms with Gasteiger partial charge in [-0.2, -0.15) is 0 Å². The summed E-state index contributed by atoms with van der Waals surface area (Å²) in [6.45, 7) is 3.94. The molecule has 0 saturated heterocycles. The molecule has 26 heavy (non-hydrogen) atoms. The van der Waals surface area contributed by atoms with Gasteiger partial charge in [-0.15, -0.1) is 0 Å². The van der Waals surface area contributed by atoms with Gasteiger partial charge >= 0.3 is 0 Å². The molecule has 6 nitrogen and oxygen atoms in total. The fourth-order valence-electron chi connectivity index (χ4n) is 2.13. The molecule has 0 aliphatic rings. The zero-order chi connectivity index (χ0) is 19.1. The molecule has 8 heteroatoms. The molecule has 0 spiro atoms. The molecule has 2 aromatic rings. The van der Waals surface area contributed by atoms with Crippen molar-refractivity contribution >= 4 is 16.9 Å². The molecule has 0 aliphatic heterocycles. The van der Waals surface area contributed by atoms with Crippen LogP contribution >= 0.6 is 0 Å². The maximum Gasteiger partial charge on any atom is 0.216 e. The molecular weight excluding hydrogens is 359 g/mol. The van der Waals surface area contributed by atoms with Crippen molar-refractivity contribution in [3.8, 4) is 17.2 Å². The predicted octanol–water partition coefficient (Wildman–Crippen LogP) is 2.63. The molecule has 0 heterocycles. The van der Waals surface area contributed by atoms with E-state index in [0.29, 0.717) is 6.54 Å². The van der Waals surface area contributed by atoms with Crippen LogP contribution in [0.25, 0.3) is 0 Å². The highest BCUT2D eigenvalue weighted by molar-refractivity contribution is 7.83. The second kappa shape index (κ2) is 9.30. The van der Waals surface area contributed by atoms with Crippen LogP contribution in [0.2, 0.25) is 0 Å². The van der Waals surface area contributed by atoms with Gasteiger partial charge in [0.25, 0.3) is 0 Å². The van der Waals surface area contributed by atoms with Crippen LogP contribution in [0.4, 0.5) is 4.39 Å². The summed E-state index contributed by atoms with van der Waals surface area (Å²) in [7, 11) is -1.62. The number of aryl methyl sites for hydroxylation is 1. The van der Waals surface area contributed by atoms with Crippen molar-refractivity contribution in [2.24, 2.45) is 0 Å². The van der Waals surface area contributed by atoms with E-state index in [1.54, 1.807) is 18.2 Å². The molecule has 0 aliphatic carbocycles. The fraction of sp³-hybridized carbons (Fsp3) is 0.278. The van der Waals surface area contributed by atoms with Crippen molar-refractivity contribution in [3.05, 3.63) is 47.8 Å². The lowest BCUT2D eigenvalue weighted by Crippen LogP contribution is -2.31. The number of carbonyl (C=O) groups excluding carboxylic acids is 1. The van der Waals surface area contributed by atoms with Crippen LogP contribution in [-0.4, -0.2) is 28.3 Å². The summed E-state index contributed by atoms with van der Waals surface area (Å²) in [4.78, 5) is 11.0. The van der Waals surface area contributed by atoms with Gasteiger partial charge < -0.3 is 15.2 Å². The summed E-state index contributed by atoms with van der Waals surface area (Å²) >= 11 is 0. The van der Waals surface area contributed by atoms with Crippen LogP contribution in [0, 0.1) is 5.82 Å². The highest BCUT2D eigenvalue weighted by Gasteiger charge is 2.12. The Kier molecular flexibility index (Phi) is 7.11. The normalized spacial score (nSPS) is 11.8. The first kappa shape index (κ1) is 19.9. The van der Waals surface area contributed by atoms with Gasteiger partial charge in [0.1, 0.15) is 11.0 Å². The van der Waals surface area contributed by atoms with Gasteiger partial charge in [0.05, 0.1) is 4.90 Å². The SMILES string of the molecule is CCc1ccc(Oc2ccc(S(=O)NCCNC(C)=O)cc2F)c(O)c1. The molecule has 1 unspecified atom stereocenters. The Morgan fingerprint density at radius 3 is 2.54 bits per heavy atom. The number of amides is 1. The Morgan fingerprint density at radius 1 is 1.19 bits per heavy atom. The van der Waals surface area contributed by atoms with Gasteiger partial charge in [-0.1, -0.05) is 13.0 Å². The quantitative estimate of drug-likeness (QED) is 0.615. The molecule has 1 atom stereocenters. The molecule has 2 aromatic carbocycles. The number of halogens is 1. The van der Waals surface area contributed by atoms with Crippen LogP contribution in [-0.2, 0) is 22.2 Å². The van der Waals surface area contributed by atoms with Crippen molar-refractivity contribution in [2.45, 2.75) is 25.2 Å². The van der Waals surface area contributed by atoms with Crippen molar-refractivity contribution in [2.75, 3.05) is 13.1 Å². The van der Waals surface area contributed by atoms with Gasteiger partial charge in [-0.25, -0.2) is 13.3 Å². The lowest BCUT2D eigenvalue weighted by Gasteiger charge is -2.11. The Morgan fingerprint density at radius 2 is 1.92 bits per heavy atom. The number of rotatable bonds is 8. The Bertz CT molecular complexity index is 814. The molecular formula is C18H21FN2O4S. The summed E-state index contributed by atoms with van der Waals surface area (Å²) in [5.74, 6) is -0.887. The summed E-state index contributed by atoms with van der Waals surface area (Å²) in [6.07, 6.45) is 0.762. The van der Waals surface area contributed by atoms with Crippen molar-refractivity contribution in [1.82, 2.24) is 10.0 Å². The molecule has 0 aromatic heterocycles. The van der Waals surface area contributed by atoms with E-state index in [0.717, 1.165) is 18.1 Å². The first-order chi connectivity index (χ1) is 12.4. The van der Waals surface area contributed by atoms with Gasteiger partial charge in [0, 0.05) is 20.0 Å². The highest BCUT2D eigenvalue weighted by atomic mass is 32.2. The number of hydrogen-bond acceptors (Lipinski definition) is 4. The number of aromatic hydroxyl groups is 1. The van der Waals surface area contributed by atoms with E-state index in [9.17, 15) is 18.5 Å². The third-order valence-corrected chi connectivity index (χ3v) is 4.65. The topological polar surface area (TPSA) is 87.7 Å². The molecule has 140 valence electrons. The summed E-state index contributed by atoms with van der Waals surface area (Å²) in [5.41, 5.74) is 0.936. The second-order valence-electron chi connectivity index (χ2n) is 5.50. The second-order valence-corrected chi connectivity index (χ2v) is 6.79. The lowest BCUT2D eigenvalue weighted by molar-refractivity contribution is -0.118. The average Bonchev–Trinajstić information content (AvgIpc) is 2.61. The average molecular weight is 380 g/mol.